The fourth-order valence-electron chi connectivity index (χ4n) is 3.15. The van der Waals surface area contributed by atoms with E-state index in [1.54, 1.807) is 18.5 Å². The van der Waals surface area contributed by atoms with Crippen LogP contribution >= 0.6 is 11.3 Å². The second kappa shape index (κ2) is 5.68. The van der Waals surface area contributed by atoms with E-state index in [4.69, 9.17) is 0 Å². The molecule has 1 aromatic carbocycles. The summed E-state index contributed by atoms with van der Waals surface area (Å²) in [5.74, 6) is -0.968. The lowest BCUT2D eigenvalue weighted by Crippen LogP contribution is -1.99. The summed E-state index contributed by atoms with van der Waals surface area (Å²) >= 11 is 1.20. The highest BCUT2D eigenvalue weighted by Gasteiger charge is 2.24. The number of pyridine rings is 1. The van der Waals surface area contributed by atoms with Crippen molar-refractivity contribution >= 4 is 38.8 Å². The predicted octanol–water partition coefficient (Wildman–Crippen LogP) is 4.49. The molecule has 1 atom stereocenters. The molecular weight excluding hydrogens is 326 g/mol. The molecule has 6 nitrogen and oxygen atoms in total. The molecule has 7 heteroatoms. The van der Waals surface area contributed by atoms with Crippen molar-refractivity contribution < 1.29 is 9.90 Å². The first kappa shape index (κ1) is 14.8. The summed E-state index contributed by atoms with van der Waals surface area (Å²) in [5, 5.41) is 16.7. The zero-order valence-corrected chi connectivity index (χ0v) is 13.3. The van der Waals surface area contributed by atoms with E-state index < -0.39 is 5.97 Å². The molecule has 0 amide bonds. The fourth-order valence-corrected chi connectivity index (χ4v) is 4.12. The van der Waals surface area contributed by atoms with Crippen LogP contribution in [-0.4, -0.2) is 16.1 Å². The molecule has 0 spiro atoms. The number of aromatic nitrogens is 1. The molecule has 120 valence electrons. The minimum absolute atomic E-state index is 0.255. The van der Waals surface area contributed by atoms with Gasteiger partial charge in [-0.25, -0.2) is 4.79 Å². The molecule has 0 saturated heterocycles. The second-order valence-electron chi connectivity index (χ2n) is 5.68. The molecule has 24 heavy (non-hydrogen) atoms. The number of anilines is 2. The molecule has 0 bridgehead atoms. The highest BCUT2D eigenvalue weighted by molar-refractivity contribution is 7.21. The molecule has 0 aliphatic heterocycles. The molecule has 0 fully saturated rings. The normalized spacial score (nSPS) is 16.1. The van der Waals surface area contributed by atoms with Crippen molar-refractivity contribution in [2.24, 2.45) is 5.18 Å². The average Bonchev–Trinajstić information content (AvgIpc) is 3.16. The standard InChI is InChI=1S/C17H13N3O3S/c21-17(22)16-15(12-5-6-18-8-14(12)24-16)19-10-2-3-11-9(7-10)1-4-13(11)20-23/h2-3,5-8,13,19H,1,4H2,(H,21,22). The number of hydrogen-bond donors (Lipinski definition) is 2. The van der Waals surface area contributed by atoms with Crippen LogP contribution in [0.4, 0.5) is 11.4 Å². The van der Waals surface area contributed by atoms with Crippen molar-refractivity contribution in [1.82, 2.24) is 4.98 Å². The monoisotopic (exact) mass is 339 g/mol. The van der Waals surface area contributed by atoms with Gasteiger partial charge in [0.15, 0.2) is 0 Å². The van der Waals surface area contributed by atoms with Crippen LogP contribution in [0.15, 0.2) is 41.8 Å². The van der Waals surface area contributed by atoms with Crippen molar-refractivity contribution in [3.8, 4) is 0 Å². The SMILES string of the molecule is O=NC1CCc2cc(Nc3c(C(=O)O)sc4cnccc34)ccc21. The van der Waals surface area contributed by atoms with Crippen molar-refractivity contribution in [1.29, 1.82) is 0 Å². The Morgan fingerprint density at radius 1 is 1.38 bits per heavy atom. The number of nitrogens with one attached hydrogen (secondary N) is 1. The molecule has 0 saturated carbocycles. The Kier molecular flexibility index (Phi) is 3.50. The Labute approximate surface area is 141 Å². The van der Waals surface area contributed by atoms with Crippen molar-refractivity contribution in [3.05, 3.63) is 57.6 Å². The summed E-state index contributed by atoms with van der Waals surface area (Å²) in [6.45, 7) is 0. The Bertz CT molecular complexity index is 967. The van der Waals surface area contributed by atoms with Gasteiger partial charge in [-0.15, -0.1) is 11.3 Å². The number of carboxylic acids is 1. The molecule has 1 aliphatic rings. The quantitative estimate of drug-likeness (QED) is 0.683. The van der Waals surface area contributed by atoms with Crippen LogP contribution in [-0.2, 0) is 6.42 Å². The van der Waals surface area contributed by atoms with Crippen LogP contribution in [0, 0.1) is 4.91 Å². The number of carbonyl (C=O) groups is 1. The maximum atomic E-state index is 11.6. The number of nitrogens with zero attached hydrogens (tertiary/aromatic N) is 2. The highest BCUT2D eigenvalue weighted by Crippen LogP contribution is 2.39. The van der Waals surface area contributed by atoms with Crippen LogP contribution in [0.5, 0.6) is 0 Å². The number of hydrogen-bond acceptors (Lipinski definition) is 6. The summed E-state index contributed by atoms with van der Waals surface area (Å²) in [7, 11) is 0. The van der Waals surface area contributed by atoms with E-state index in [0.717, 1.165) is 39.7 Å². The minimum atomic E-state index is -0.968. The van der Waals surface area contributed by atoms with E-state index in [9.17, 15) is 14.8 Å². The summed E-state index contributed by atoms with van der Waals surface area (Å²) in [6, 6.07) is 7.26. The van der Waals surface area contributed by atoms with E-state index >= 15 is 0 Å². The molecule has 1 unspecified atom stereocenters. The van der Waals surface area contributed by atoms with E-state index in [1.807, 2.05) is 18.2 Å². The number of thiophene rings is 1. The van der Waals surface area contributed by atoms with E-state index in [2.05, 4.69) is 15.5 Å². The van der Waals surface area contributed by atoms with Crippen LogP contribution in [0.25, 0.3) is 10.1 Å². The van der Waals surface area contributed by atoms with Crippen molar-refractivity contribution in [2.45, 2.75) is 18.9 Å². The number of fused-ring (bicyclic) bond motifs is 2. The molecule has 1 aliphatic carbocycles. The van der Waals surface area contributed by atoms with Crippen LogP contribution < -0.4 is 5.32 Å². The van der Waals surface area contributed by atoms with Gasteiger partial charge in [-0.2, -0.15) is 4.91 Å². The lowest BCUT2D eigenvalue weighted by molar-refractivity contribution is 0.0703. The lowest BCUT2D eigenvalue weighted by atomic mass is 10.1. The third kappa shape index (κ3) is 2.33. The Morgan fingerprint density at radius 2 is 2.25 bits per heavy atom. The predicted molar refractivity (Wildman–Crippen MR) is 93.2 cm³/mol. The van der Waals surface area contributed by atoms with Gasteiger partial charge >= 0.3 is 5.97 Å². The van der Waals surface area contributed by atoms with E-state index in [-0.39, 0.29) is 10.9 Å². The smallest absolute Gasteiger partial charge is 0.348 e. The second-order valence-corrected chi connectivity index (χ2v) is 6.73. The first-order chi connectivity index (χ1) is 11.7. The maximum absolute atomic E-state index is 11.6. The topological polar surface area (TPSA) is 91.7 Å². The number of aryl methyl sites for hydroxylation is 1. The molecule has 3 aromatic rings. The van der Waals surface area contributed by atoms with Gasteiger partial charge in [0.2, 0.25) is 0 Å². The first-order valence-electron chi connectivity index (χ1n) is 7.49. The first-order valence-corrected chi connectivity index (χ1v) is 8.31. The zero-order valence-electron chi connectivity index (χ0n) is 12.5. The Balaban J connectivity index is 1.76. The number of aromatic carboxylic acids is 1. The van der Waals surface area contributed by atoms with Gasteiger partial charge in [-0.3, -0.25) is 4.98 Å². The Hall–Kier alpha value is -2.80. The zero-order chi connectivity index (χ0) is 16.7. The van der Waals surface area contributed by atoms with Gasteiger partial charge in [-0.1, -0.05) is 11.2 Å². The van der Waals surface area contributed by atoms with Crippen LogP contribution in [0.1, 0.15) is 33.3 Å². The van der Waals surface area contributed by atoms with Gasteiger partial charge in [-0.05, 0) is 42.2 Å². The van der Waals surface area contributed by atoms with Crippen LogP contribution in [0.3, 0.4) is 0 Å². The molecular formula is C17H13N3O3S. The minimum Gasteiger partial charge on any atom is -0.477 e. The fraction of sp³-hybridized carbons (Fsp3) is 0.176. The van der Waals surface area contributed by atoms with Gasteiger partial charge in [0.1, 0.15) is 10.9 Å². The largest absolute Gasteiger partial charge is 0.477 e. The molecule has 2 N–H and O–H groups in total. The van der Waals surface area contributed by atoms with Gasteiger partial charge in [0, 0.05) is 23.5 Å². The number of carboxylic acid groups (broad SMARTS) is 1. The summed E-state index contributed by atoms with van der Waals surface area (Å²) < 4.78 is 0.823. The number of benzene rings is 1. The summed E-state index contributed by atoms with van der Waals surface area (Å²) in [5.41, 5.74) is 3.43. The lowest BCUT2D eigenvalue weighted by Gasteiger charge is -2.09. The highest BCUT2D eigenvalue weighted by atomic mass is 32.1. The molecule has 2 heterocycles. The van der Waals surface area contributed by atoms with Gasteiger partial charge in [0.05, 0.1) is 10.4 Å². The molecule has 2 aromatic heterocycles. The Morgan fingerprint density at radius 3 is 3.04 bits per heavy atom. The molecule has 4 rings (SSSR count). The van der Waals surface area contributed by atoms with Gasteiger partial charge < -0.3 is 10.4 Å². The van der Waals surface area contributed by atoms with Crippen LogP contribution in [0.2, 0.25) is 0 Å². The maximum Gasteiger partial charge on any atom is 0.348 e. The van der Waals surface area contributed by atoms with Crippen molar-refractivity contribution in [2.75, 3.05) is 5.32 Å². The van der Waals surface area contributed by atoms with E-state index in [0.29, 0.717) is 5.69 Å². The number of rotatable bonds is 4. The third-order valence-corrected chi connectivity index (χ3v) is 5.40. The summed E-state index contributed by atoms with van der Waals surface area (Å²) in [6.07, 6.45) is 4.85. The molecule has 0 radical (unpaired) electrons. The van der Waals surface area contributed by atoms with E-state index in [1.165, 1.54) is 11.3 Å². The summed E-state index contributed by atoms with van der Waals surface area (Å²) in [4.78, 5) is 26.7. The van der Waals surface area contributed by atoms with Gasteiger partial charge in [0.25, 0.3) is 0 Å². The van der Waals surface area contributed by atoms with Crippen molar-refractivity contribution in [3.63, 3.8) is 0 Å². The number of nitroso groups, excluding NO2 is 1. The third-order valence-electron chi connectivity index (χ3n) is 4.27. The average molecular weight is 339 g/mol.